The summed E-state index contributed by atoms with van der Waals surface area (Å²) in [5.41, 5.74) is 0.918. The molecule has 2 saturated heterocycles. The van der Waals surface area contributed by atoms with E-state index in [1.54, 1.807) is 30.3 Å². The van der Waals surface area contributed by atoms with E-state index in [4.69, 9.17) is 16.3 Å². The van der Waals surface area contributed by atoms with E-state index in [9.17, 15) is 23.4 Å². The molecule has 0 spiro atoms. The summed E-state index contributed by atoms with van der Waals surface area (Å²) in [6, 6.07) is 12.2. The van der Waals surface area contributed by atoms with Crippen molar-refractivity contribution in [3.63, 3.8) is 0 Å². The Morgan fingerprint density at radius 2 is 1.76 bits per heavy atom. The van der Waals surface area contributed by atoms with E-state index < -0.39 is 58.4 Å². The van der Waals surface area contributed by atoms with Gasteiger partial charge >= 0.3 is 5.97 Å². The van der Waals surface area contributed by atoms with Gasteiger partial charge in [-0.15, -0.1) is 0 Å². The number of hydrogen-bond acceptors (Lipinski definition) is 6. The Balaban J connectivity index is 1.44. The highest BCUT2D eigenvalue weighted by Crippen LogP contribution is 2.35. The van der Waals surface area contributed by atoms with Gasteiger partial charge in [-0.05, 0) is 29.8 Å². The predicted molar refractivity (Wildman–Crippen MR) is 121 cm³/mol. The van der Waals surface area contributed by atoms with Crippen molar-refractivity contribution in [3.8, 4) is 0 Å². The third-order valence-corrected chi connectivity index (χ3v) is 7.34. The highest BCUT2D eigenvalue weighted by Gasteiger charge is 2.59. The summed E-state index contributed by atoms with van der Waals surface area (Å²) >= 11 is 5.83. The number of amides is 2. The molecule has 2 aliphatic rings. The van der Waals surface area contributed by atoms with Crippen LogP contribution in [-0.2, 0) is 25.1 Å². The number of nitrogens with zero attached hydrogens (tertiary/aromatic N) is 1. The van der Waals surface area contributed by atoms with Gasteiger partial charge in [0.1, 0.15) is 11.4 Å². The Kier molecular flexibility index (Phi) is 6.44. The standard InChI is InChI=1S/C23H19ClN2O6S/c1-13-12-33(31)22-18(25-20(28)15-7-9-16(24)10-8-15)21(29)26(22)19(13)23(30)32-11-17(27)14-5-3-2-4-6-14/h2-10,18-19,22H,1,11-12H2,(H,25,28)/t18?,19?,22-,33?/m1/s1. The molecule has 0 radical (unpaired) electrons. The summed E-state index contributed by atoms with van der Waals surface area (Å²) in [7, 11) is -1.57. The predicted octanol–water partition coefficient (Wildman–Crippen LogP) is 1.72. The van der Waals surface area contributed by atoms with Gasteiger partial charge in [0.05, 0.1) is 10.8 Å². The monoisotopic (exact) mass is 486 g/mol. The minimum atomic E-state index is -1.57. The van der Waals surface area contributed by atoms with Crippen molar-refractivity contribution < 1.29 is 28.1 Å². The van der Waals surface area contributed by atoms with Crippen LogP contribution in [0, 0.1) is 0 Å². The van der Waals surface area contributed by atoms with Crippen LogP contribution in [0.3, 0.4) is 0 Å². The number of fused-ring (bicyclic) bond motifs is 1. The molecule has 2 aromatic rings. The molecular weight excluding hydrogens is 468 g/mol. The highest BCUT2D eigenvalue weighted by molar-refractivity contribution is 7.86. The number of carbonyl (C=O) groups is 4. The van der Waals surface area contributed by atoms with Crippen LogP contribution in [0.1, 0.15) is 20.7 Å². The molecule has 2 fully saturated rings. The largest absolute Gasteiger partial charge is 0.455 e. The highest BCUT2D eigenvalue weighted by atomic mass is 35.5. The molecular formula is C23H19ClN2O6S. The van der Waals surface area contributed by atoms with E-state index in [1.807, 2.05) is 0 Å². The lowest BCUT2D eigenvalue weighted by Crippen LogP contribution is -2.77. The Labute approximate surface area is 197 Å². The first-order chi connectivity index (χ1) is 15.8. The number of nitrogens with one attached hydrogen (secondary N) is 1. The van der Waals surface area contributed by atoms with Crippen molar-refractivity contribution in [1.29, 1.82) is 0 Å². The number of ether oxygens (including phenoxy) is 1. The summed E-state index contributed by atoms with van der Waals surface area (Å²) in [5.74, 6) is -2.37. The second-order valence-corrected chi connectivity index (χ2v) is 9.55. The van der Waals surface area contributed by atoms with Gasteiger partial charge in [-0.3, -0.25) is 18.6 Å². The van der Waals surface area contributed by atoms with Gasteiger partial charge in [-0.25, -0.2) is 4.79 Å². The van der Waals surface area contributed by atoms with E-state index >= 15 is 0 Å². The van der Waals surface area contributed by atoms with Crippen LogP contribution in [0.25, 0.3) is 0 Å². The molecule has 8 nitrogen and oxygen atoms in total. The zero-order chi connectivity index (χ0) is 23.7. The third kappa shape index (κ3) is 4.46. The van der Waals surface area contributed by atoms with E-state index in [0.717, 1.165) is 4.90 Å². The van der Waals surface area contributed by atoms with Crippen molar-refractivity contribution >= 4 is 46.0 Å². The first-order valence-corrected chi connectivity index (χ1v) is 11.7. The number of hydrogen-bond donors (Lipinski definition) is 1. The molecule has 170 valence electrons. The Morgan fingerprint density at radius 1 is 1.09 bits per heavy atom. The maximum Gasteiger partial charge on any atom is 0.333 e. The average Bonchev–Trinajstić information content (AvgIpc) is 2.81. The first-order valence-electron chi connectivity index (χ1n) is 9.96. The van der Waals surface area contributed by atoms with E-state index in [0.29, 0.717) is 10.6 Å². The number of rotatable bonds is 6. The molecule has 2 amide bonds. The normalized spacial score (nSPS) is 23.8. The lowest BCUT2D eigenvalue weighted by atomic mass is 9.98. The van der Waals surface area contributed by atoms with Crippen molar-refractivity contribution in [3.05, 3.63) is 82.9 Å². The summed E-state index contributed by atoms with van der Waals surface area (Å²) in [6.07, 6.45) is 0. The van der Waals surface area contributed by atoms with Crippen molar-refractivity contribution in [2.75, 3.05) is 12.4 Å². The fraction of sp³-hybridized carbons (Fsp3) is 0.217. The molecule has 2 heterocycles. The number of Topliss-reactive ketones (excluding diaryl/α,β-unsaturated/α-hetero) is 1. The number of esters is 1. The SMILES string of the molecule is C=C1CS(=O)[C@@H]2C(NC(=O)c3ccc(Cl)cc3)C(=O)N2C1C(=O)OCC(=O)c1ccccc1. The molecule has 1 N–H and O–H groups in total. The van der Waals surface area contributed by atoms with Crippen molar-refractivity contribution in [2.24, 2.45) is 0 Å². The molecule has 0 bridgehead atoms. The lowest BCUT2D eigenvalue weighted by Gasteiger charge is -2.52. The summed E-state index contributed by atoms with van der Waals surface area (Å²) in [5, 5.41) is 2.13. The molecule has 0 aromatic heterocycles. The lowest BCUT2D eigenvalue weighted by molar-refractivity contribution is -0.161. The van der Waals surface area contributed by atoms with E-state index in [2.05, 4.69) is 11.9 Å². The quantitative estimate of drug-likeness (QED) is 0.288. The molecule has 10 heteroatoms. The van der Waals surface area contributed by atoms with Gasteiger partial charge < -0.3 is 15.0 Å². The van der Waals surface area contributed by atoms with Crippen LogP contribution in [0.5, 0.6) is 0 Å². The zero-order valence-electron chi connectivity index (χ0n) is 17.2. The fourth-order valence-corrected chi connectivity index (χ4v) is 5.53. The average molecular weight is 487 g/mol. The summed E-state index contributed by atoms with van der Waals surface area (Å²) in [4.78, 5) is 51.4. The second kappa shape index (κ2) is 9.29. The number of benzene rings is 2. The maximum absolute atomic E-state index is 12.8. The Bertz CT molecular complexity index is 1170. The summed E-state index contributed by atoms with van der Waals surface area (Å²) in [6.45, 7) is 3.27. The molecule has 4 atom stereocenters. The number of β-lactam (4-membered cyclic amide) rings is 1. The first kappa shape index (κ1) is 22.9. The maximum atomic E-state index is 12.8. The van der Waals surface area contributed by atoms with Crippen LogP contribution in [0.4, 0.5) is 0 Å². The van der Waals surface area contributed by atoms with Crippen LogP contribution in [0.15, 0.2) is 66.7 Å². The molecule has 2 aliphatic heterocycles. The van der Waals surface area contributed by atoms with Gasteiger partial charge in [-0.1, -0.05) is 48.5 Å². The summed E-state index contributed by atoms with van der Waals surface area (Å²) < 4.78 is 17.8. The van der Waals surface area contributed by atoms with Gasteiger partial charge in [0.15, 0.2) is 18.4 Å². The van der Waals surface area contributed by atoms with Gasteiger partial charge in [0.2, 0.25) is 5.91 Å². The van der Waals surface area contributed by atoms with Crippen LogP contribution in [-0.4, -0.2) is 62.5 Å². The third-order valence-electron chi connectivity index (χ3n) is 5.40. The number of carbonyl (C=O) groups excluding carboxylic acids is 4. The van der Waals surface area contributed by atoms with E-state index in [1.165, 1.54) is 24.3 Å². The molecule has 0 saturated carbocycles. The van der Waals surface area contributed by atoms with Gasteiger partial charge in [-0.2, -0.15) is 0 Å². The van der Waals surface area contributed by atoms with Crippen molar-refractivity contribution in [1.82, 2.24) is 10.2 Å². The Morgan fingerprint density at radius 3 is 2.42 bits per heavy atom. The molecule has 4 rings (SSSR count). The topological polar surface area (TPSA) is 110 Å². The van der Waals surface area contributed by atoms with Gasteiger partial charge in [0, 0.05) is 21.9 Å². The van der Waals surface area contributed by atoms with Crippen LogP contribution in [0.2, 0.25) is 5.02 Å². The minimum absolute atomic E-state index is 0.0336. The molecule has 2 aromatic carbocycles. The van der Waals surface area contributed by atoms with Crippen LogP contribution >= 0.6 is 11.6 Å². The molecule has 3 unspecified atom stereocenters. The number of halogens is 1. The minimum Gasteiger partial charge on any atom is -0.455 e. The number of ketones is 1. The van der Waals surface area contributed by atoms with Crippen molar-refractivity contribution in [2.45, 2.75) is 17.5 Å². The van der Waals surface area contributed by atoms with E-state index in [-0.39, 0.29) is 16.9 Å². The smallest absolute Gasteiger partial charge is 0.333 e. The Hall–Kier alpha value is -3.30. The van der Waals surface area contributed by atoms with Gasteiger partial charge in [0.25, 0.3) is 5.91 Å². The second-order valence-electron chi connectivity index (χ2n) is 7.58. The fourth-order valence-electron chi connectivity index (χ4n) is 3.74. The zero-order valence-corrected chi connectivity index (χ0v) is 18.8. The van der Waals surface area contributed by atoms with Crippen LogP contribution < -0.4 is 5.32 Å². The molecule has 0 aliphatic carbocycles. The molecule has 33 heavy (non-hydrogen) atoms.